The molecule has 1 atom stereocenters. The van der Waals surface area contributed by atoms with Crippen molar-refractivity contribution in [3.63, 3.8) is 0 Å². The second kappa shape index (κ2) is 15.5. The van der Waals surface area contributed by atoms with E-state index in [9.17, 15) is 4.79 Å². The third-order valence-corrected chi connectivity index (χ3v) is 7.83. The van der Waals surface area contributed by atoms with E-state index in [0.29, 0.717) is 65.1 Å². The minimum Gasteiger partial charge on any atom is -0.492 e. The second-order valence-corrected chi connectivity index (χ2v) is 11.1. The summed E-state index contributed by atoms with van der Waals surface area (Å²) in [4.78, 5) is 18.8. The molecule has 1 amide bonds. The Balaban J connectivity index is 1.72. The molecule has 4 rings (SSSR count). The van der Waals surface area contributed by atoms with Crippen LogP contribution in [-0.2, 0) is 4.79 Å². The minimum atomic E-state index is -0.540. The van der Waals surface area contributed by atoms with Crippen LogP contribution in [0.15, 0.2) is 58.9 Å². The summed E-state index contributed by atoms with van der Waals surface area (Å²) in [6.45, 7) is 11.7. The van der Waals surface area contributed by atoms with E-state index in [-0.39, 0.29) is 5.91 Å². The summed E-state index contributed by atoms with van der Waals surface area (Å²) in [5, 5.41) is 11.9. The van der Waals surface area contributed by atoms with Crippen molar-refractivity contribution in [1.82, 2.24) is 14.8 Å². The summed E-state index contributed by atoms with van der Waals surface area (Å²) in [5.74, 6) is 3.20. The van der Waals surface area contributed by atoms with Crippen molar-refractivity contribution in [2.24, 2.45) is 0 Å². The van der Waals surface area contributed by atoms with Crippen LogP contribution in [0.4, 0.5) is 11.6 Å². The molecule has 0 saturated heterocycles. The SMILES string of the molecule is CCCCCCOc1ccc(C2C(C(=O)Nc3ccccc3OCC)=C(C)Nc3nc(SCCC)nn32)cc1OCC. The molecule has 1 aliphatic rings. The normalized spacial score (nSPS) is 14.3. The van der Waals surface area contributed by atoms with Crippen LogP contribution in [0.5, 0.6) is 17.2 Å². The number of fused-ring (bicyclic) bond motifs is 1. The van der Waals surface area contributed by atoms with Crippen LogP contribution in [0.1, 0.15) is 78.3 Å². The van der Waals surface area contributed by atoms with E-state index in [1.165, 1.54) is 12.8 Å². The summed E-state index contributed by atoms with van der Waals surface area (Å²) in [7, 11) is 0. The zero-order chi connectivity index (χ0) is 29.9. The number of carbonyl (C=O) groups excluding carboxylic acids is 1. The van der Waals surface area contributed by atoms with Crippen molar-refractivity contribution in [2.45, 2.75) is 77.9 Å². The van der Waals surface area contributed by atoms with Gasteiger partial charge in [-0.25, -0.2) is 4.68 Å². The largest absolute Gasteiger partial charge is 0.492 e. The highest BCUT2D eigenvalue weighted by molar-refractivity contribution is 7.99. The Morgan fingerprint density at radius 3 is 2.50 bits per heavy atom. The van der Waals surface area contributed by atoms with Gasteiger partial charge in [0.15, 0.2) is 11.5 Å². The number of benzene rings is 2. The summed E-state index contributed by atoms with van der Waals surface area (Å²) in [5.41, 5.74) is 2.68. The fourth-order valence-corrected chi connectivity index (χ4v) is 5.51. The van der Waals surface area contributed by atoms with Gasteiger partial charge in [-0.15, -0.1) is 5.10 Å². The zero-order valence-corrected chi connectivity index (χ0v) is 26.2. The summed E-state index contributed by atoms with van der Waals surface area (Å²) < 4.78 is 19.7. The molecule has 1 unspecified atom stereocenters. The number of nitrogens with zero attached hydrogens (tertiary/aromatic N) is 3. The van der Waals surface area contributed by atoms with Crippen molar-refractivity contribution in [3.8, 4) is 17.2 Å². The summed E-state index contributed by atoms with van der Waals surface area (Å²) in [6.07, 6.45) is 5.51. The molecule has 1 aromatic heterocycles. The molecule has 0 spiro atoms. The molecule has 1 aliphatic heterocycles. The molecule has 2 N–H and O–H groups in total. The van der Waals surface area contributed by atoms with E-state index < -0.39 is 6.04 Å². The van der Waals surface area contributed by atoms with Crippen molar-refractivity contribution in [2.75, 3.05) is 36.2 Å². The van der Waals surface area contributed by atoms with Gasteiger partial charge in [0.2, 0.25) is 11.1 Å². The number of unbranched alkanes of at least 4 members (excludes halogenated alkanes) is 3. The Morgan fingerprint density at radius 1 is 0.952 bits per heavy atom. The highest BCUT2D eigenvalue weighted by atomic mass is 32.2. The molecule has 226 valence electrons. The molecular formula is C32H43N5O4S. The molecule has 42 heavy (non-hydrogen) atoms. The van der Waals surface area contributed by atoms with Gasteiger partial charge in [0.1, 0.15) is 11.8 Å². The molecule has 0 saturated carbocycles. The average Bonchev–Trinajstić information content (AvgIpc) is 3.39. The highest BCUT2D eigenvalue weighted by Gasteiger charge is 2.35. The number of hydrogen-bond donors (Lipinski definition) is 2. The lowest BCUT2D eigenvalue weighted by Gasteiger charge is -2.29. The molecule has 10 heteroatoms. The Labute approximate surface area is 253 Å². The van der Waals surface area contributed by atoms with Crippen LogP contribution in [0.3, 0.4) is 0 Å². The van der Waals surface area contributed by atoms with Gasteiger partial charge < -0.3 is 24.8 Å². The number of nitrogens with one attached hydrogen (secondary N) is 2. The van der Waals surface area contributed by atoms with Gasteiger partial charge in [-0.2, -0.15) is 4.98 Å². The topological polar surface area (TPSA) is 99.5 Å². The lowest BCUT2D eigenvalue weighted by molar-refractivity contribution is -0.113. The van der Waals surface area contributed by atoms with E-state index in [1.54, 1.807) is 16.4 Å². The van der Waals surface area contributed by atoms with E-state index >= 15 is 0 Å². The molecule has 9 nitrogen and oxygen atoms in total. The lowest BCUT2D eigenvalue weighted by atomic mass is 9.94. The maximum atomic E-state index is 14.0. The average molecular weight is 594 g/mol. The van der Waals surface area contributed by atoms with Gasteiger partial charge >= 0.3 is 0 Å². The first kappa shape index (κ1) is 31.3. The number of carbonyl (C=O) groups is 1. The number of thioether (sulfide) groups is 1. The van der Waals surface area contributed by atoms with E-state index in [4.69, 9.17) is 24.3 Å². The predicted molar refractivity (Wildman–Crippen MR) is 169 cm³/mol. The zero-order valence-electron chi connectivity index (χ0n) is 25.4. The standard InChI is InChI=1S/C32H43N5O4S/c1-6-10-11-14-19-41-26-18-17-23(21-27(26)40-9-4)29-28(30(38)34-24-15-12-13-16-25(24)39-8-3)22(5)33-31-35-32(36-37(29)31)42-20-7-2/h12-13,15-18,21,29H,6-11,14,19-20H2,1-5H3,(H,34,38)(H,33,35,36). The molecule has 2 heterocycles. The first-order valence-corrected chi connectivity index (χ1v) is 16.0. The van der Waals surface area contributed by atoms with Gasteiger partial charge in [-0.3, -0.25) is 4.79 Å². The van der Waals surface area contributed by atoms with Crippen LogP contribution >= 0.6 is 11.8 Å². The van der Waals surface area contributed by atoms with Crippen molar-refractivity contribution >= 4 is 29.3 Å². The Kier molecular flexibility index (Phi) is 11.6. The molecule has 0 fully saturated rings. The minimum absolute atomic E-state index is 0.254. The summed E-state index contributed by atoms with van der Waals surface area (Å²) >= 11 is 1.60. The molecule has 3 aromatic rings. The van der Waals surface area contributed by atoms with Crippen LogP contribution in [0, 0.1) is 0 Å². The smallest absolute Gasteiger partial charge is 0.255 e. The molecule has 0 radical (unpaired) electrons. The Morgan fingerprint density at radius 2 is 1.74 bits per heavy atom. The van der Waals surface area contributed by atoms with Crippen LogP contribution in [0.2, 0.25) is 0 Å². The third kappa shape index (κ3) is 7.59. The number of rotatable bonds is 16. The lowest BCUT2D eigenvalue weighted by Crippen LogP contribution is -2.31. The van der Waals surface area contributed by atoms with Gasteiger partial charge in [-0.1, -0.05) is 63.1 Å². The monoisotopic (exact) mass is 593 g/mol. The predicted octanol–water partition coefficient (Wildman–Crippen LogP) is 7.46. The molecule has 2 aromatic carbocycles. The van der Waals surface area contributed by atoms with Gasteiger partial charge in [-0.05, 0) is 63.4 Å². The van der Waals surface area contributed by atoms with Gasteiger partial charge in [0, 0.05) is 11.4 Å². The van der Waals surface area contributed by atoms with Crippen molar-refractivity contribution < 1.29 is 19.0 Å². The highest BCUT2D eigenvalue weighted by Crippen LogP contribution is 2.40. The quantitative estimate of drug-likeness (QED) is 0.130. The number of amides is 1. The second-order valence-electron chi connectivity index (χ2n) is 10.0. The number of ether oxygens (including phenoxy) is 3. The fraction of sp³-hybridized carbons (Fsp3) is 0.469. The molecule has 0 aliphatic carbocycles. The number of para-hydroxylation sites is 2. The fourth-order valence-electron chi connectivity index (χ4n) is 4.82. The Hall–Kier alpha value is -3.66. The maximum Gasteiger partial charge on any atom is 0.255 e. The van der Waals surface area contributed by atoms with Crippen molar-refractivity contribution in [3.05, 3.63) is 59.3 Å². The number of aromatic nitrogens is 3. The first-order valence-electron chi connectivity index (χ1n) is 15.0. The molecule has 0 bridgehead atoms. The van der Waals surface area contributed by atoms with Crippen molar-refractivity contribution in [1.29, 1.82) is 0 Å². The maximum absolute atomic E-state index is 14.0. The van der Waals surface area contributed by atoms with Crippen LogP contribution < -0.4 is 24.8 Å². The Bertz CT molecular complexity index is 1370. The van der Waals surface area contributed by atoms with Crippen LogP contribution in [-0.4, -0.2) is 46.2 Å². The number of hydrogen-bond acceptors (Lipinski definition) is 8. The third-order valence-electron chi connectivity index (χ3n) is 6.79. The van der Waals surface area contributed by atoms with Gasteiger partial charge in [0.05, 0.1) is 31.1 Å². The van der Waals surface area contributed by atoms with E-state index in [0.717, 1.165) is 30.6 Å². The van der Waals surface area contributed by atoms with Crippen LogP contribution in [0.25, 0.3) is 0 Å². The number of anilines is 2. The molecular weight excluding hydrogens is 550 g/mol. The van der Waals surface area contributed by atoms with E-state index in [1.807, 2.05) is 63.2 Å². The van der Waals surface area contributed by atoms with E-state index in [2.05, 4.69) is 24.5 Å². The summed E-state index contributed by atoms with van der Waals surface area (Å²) in [6, 6.07) is 12.8. The number of allylic oxidation sites excluding steroid dienone is 1. The van der Waals surface area contributed by atoms with Gasteiger partial charge in [0.25, 0.3) is 5.91 Å². The first-order chi connectivity index (χ1) is 20.5.